The monoisotopic (exact) mass is 778 g/mol. The zero-order chi connectivity index (χ0) is 42.1. The number of anilines is 4. The Labute approximate surface area is 352 Å². The number of hydrogen-bond donors (Lipinski definition) is 0. The lowest BCUT2D eigenvalue weighted by Crippen LogP contribution is -2.24. The molecule has 1 unspecified atom stereocenters. The number of rotatable bonds is 10. The fourth-order valence-corrected chi connectivity index (χ4v) is 7.77. The van der Waals surface area contributed by atoms with Gasteiger partial charge < -0.3 is 14.5 Å². The number of nitrogens with zero attached hydrogens (tertiary/aromatic N) is 6. The highest BCUT2D eigenvalue weighted by atomic mass is 16.5. The maximum absolute atomic E-state index is 9.82. The number of para-hydroxylation sites is 2. The van der Waals surface area contributed by atoms with E-state index in [0.29, 0.717) is 29.1 Å². The SMILES string of the molecule is CN(C)c1ccc(/C=C/C2=CC(=C(C#N)C#N)CC(C)(Cc3ccc(N(c4ccccc4)c4ccc(/C=C/C5=CC(=C(C#N)C#N)c6ccccc6O5)cc4)cc3)C2)cc1. The van der Waals surface area contributed by atoms with E-state index < -0.39 is 0 Å². The summed E-state index contributed by atoms with van der Waals surface area (Å²) in [7, 11) is 4.04. The van der Waals surface area contributed by atoms with Gasteiger partial charge in [-0.1, -0.05) is 104 Å². The van der Waals surface area contributed by atoms with E-state index in [1.807, 2.05) is 99.1 Å². The topological polar surface area (TPSA) is 111 Å². The molecule has 0 spiro atoms. The molecule has 1 heterocycles. The summed E-state index contributed by atoms with van der Waals surface area (Å²) in [5.41, 5.74) is 10.5. The van der Waals surface area contributed by atoms with Crippen LogP contribution in [0.1, 0.15) is 42.0 Å². The van der Waals surface area contributed by atoms with Crippen LogP contribution in [0.3, 0.4) is 0 Å². The number of benzene rings is 5. The molecule has 0 saturated heterocycles. The first-order chi connectivity index (χ1) is 29.2. The van der Waals surface area contributed by atoms with Gasteiger partial charge in [-0.25, -0.2) is 0 Å². The van der Waals surface area contributed by atoms with Gasteiger partial charge in [-0.2, -0.15) is 21.0 Å². The molecule has 1 aliphatic carbocycles. The summed E-state index contributed by atoms with van der Waals surface area (Å²) in [6.07, 6.45) is 14.0. The zero-order valence-corrected chi connectivity index (χ0v) is 33.8. The molecule has 0 aromatic heterocycles. The van der Waals surface area contributed by atoms with Gasteiger partial charge in [0.05, 0.1) is 0 Å². The third kappa shape index (κ3) is 9.20. The van der Waals surface area contributed by atoms with Crippen LogP contribution in [-0.4, -0.2) is 14.1 Å². The highest BCUT2D eigenvalue weighted by Crippen LogP contribution is 2.43. The van der Waals surface area contributed by atoms with E-state index in [4.69, 9.17) is 4.74 Å². The summed E-state index contributed by atoms with van der Waals surface area (Å²) in [5, 5.41) is 38.8. The van der Waals surface area contributed by atoms with Gasteiger partial charge in [0.1, 0.15) is 46.9 Å². The molecule has 0 N–H and O–H groups in total. The van der Waals surface area contributed by atoms with Crippen LogP contribution in [0.25, 0.3) is 17.7 Å². The largest absolute Gasteiger partial charge is 0.457 e. The fraction of sp³-hybridized carbons (Fsp3) is 0.132. The zero-order valence-electron chi connectivity index (χ0n) is 33.8. The summed E-state index contributed by atoms with van der Waals surface area (Å²) in [6, 6.07) is 51.2. The summed E-state index contributed by atoms with van der Waals surface area (Å²) in [4.78, 5) is 4.29. The van der Waals surface area contributed by atoms with E-state index in [9.17, 15) is 21.0 Å². The number of nitriles is 4. The molecule has 290 valence electrons. The second-order valence-corrected chi connectivity index (χ2v) is 15.4. The molecule has 7 rings (SSSR count). The molecule has 0 saturated carbocycles. The smallest absolute Gasteiger partial charge is 0.137 e. The van der Waals surface area contributed by atoms with Crippen LogP contribution in [0.4, 0.5) is 22.7 Å². The van der Waals surface area contributed by atoms with E-state index in [-0.39, 0.29) is 16.6 Å². The molecular formula is C53H42N6O. The van der Waals surface area contributed by atoms with Crippen molar-refractivity contribution in [1.82, 2.24) is 0 Å². The number of ether oxygens (including phenoxy) is 1. The first-order valence-electron chi connectivity index (χ1n) is 19.6. The Bertz CT molecular complexity index is 2730. The minimum Gasteiger partial charge on any atom is -0.457 e. The number of hydrogen-bond acceptors (Lipinski definition) is 7. The van der Waals surface area contributed by atoms with E-state index in [1.165, 1.54) is 5.56 Å². The molecule has 5 aromatic carbocycles. The van der Waals surface area contributed by atoms with Gasteiger partial charge in [-0.15, -0.1) is 0 Å². The van der Waals surface area contributed by atoms with E-state index in [2.05, 4.69) is 114 Å². The quantitative estimate of drug-likeness (QED) is 0.130. The summed E-state index contributed by atoms with van der Waals surface area (Å²) in [5.74, 6) is 1.12. The van der Waals surface area contributed by atoms with Crippen molar-refractivity contribution in [3.63, 3.8) is 0 Å². The average Bonchev–Trinajstić information content (AvgIpc) is 3.27. The van der Waals surface area contributed by atoms with Crippen LogP contribution in [0.2, 0.25) is 0 Å². The lowest BCUT2D eigenvalue weighted by Gasteiger charge is -2.35. The molecule has 7 heteroatoms. The highest BCUT2D eigenvalue weighted by Gasteiger charge is 2.31. The predicted molar refractivity (Wildman–Crippen MR) is 241 cm³/mol. The van der Waals surface area contributed by atoms with Gasteiger partial charge in [-0.3, -0.25) is 0 Å². The van der Waals surface area contributed by atoms with E-state index in [0.717, 1.165) is 57.9 Å². The van der Waals surface area contributed by atoms with Crippen molar-refractivity contribution >= 4 is 40.5 Å². The van der Waals surface area contributed by atoms with Crippen molar-refractivity contribution < 1.29 is 4.74 Å². The second-order valence-electron chi connectivity index (χ2n) is 15.4. The van der Waals surface area contributed by atoms with E-state index in [1.54, 1.807) is 6.08 Å². The van der Waals surface area contributed by atoms with Crippen LogP contribution < -0.4 is 14.5 Å². The third-order valence-electron chi connectivity index (χ3n) is 10.7. The maximum atomic E-state index is 9.82. The third-order valence-corrected chi connectivity index (χ3v) is 10.7. The predicted octanol–water partition coefficient (Wildman–Crippen LogP) is 12.3. The van der Waals surface area contributed by atoms with Crippen LogP contribution >= 0.6 is 0 Å². The van der Waals surface area contributed by atoms with Gasteiger partial charge in [0.25, 0.3) is 0 Å². The van der Waals surface area contributed by atoms with Crippen molar-refractivity contribution in [3.8, 4) is 30.0 Å². The molecule has 2 aliphatic rings. The van der Waals surface area contributed by atoms with Crippen LogP contribution in [0.5, 0.6) is 5.75 Å². The Morgan fingerprint density at radius 1 is 0.600 bits per heavy atom. The minimum absolute atomic E-state index is 0.0339. The Morgan fingerprint density at radius 3 is 1.77 bits per heavy atom. The Kier molecular flexibility index (Phi) is 12.0. The fourth-order valence-electron chi connectivity index (χ4n) is 7.77. The molecular weight excluding hydrogens is 737 g/mol. The van der Waals surface area contributed by atoms with Crippen molar-refractivity contribution in [3.05, 3.63) is 202 Å². The molecule has 0 fully saturated rings. The van der Waals surface area contributed by atoms with Crippen LogP contribution in [0.15, 0.2) is 180 Å². The van der Waals surface area contributed by atoms with Crippen molar-refractivity contribution in [2.24, 2.45) is 5.41 Å². The molecule has 5 aromatic rings. The molecule has 0 bridgehead atoms. The number of allylic oxidation sites excluding steroid dienone is 9. The Hall–Kier alpha value is -8.10. The molecule has 0 radical (unpaired) electrons. The van der Waals surface area contributed by atoms with Gasteiger partial charge in [0, 0.05) is 48.0 Å². The molecule has 7 nitrogen and oxygen atoms in total. The highest BCUT2D eigenvalue weighted by molar-refractivity contribution is 5.87. The minimum atomic E-state index is -0.213. The molecule has 0 amide bonds. The maximum Gasteiger partial charge on any atom is 0.137 e. The van der Waals surface area contributed by atoms with Crippen molar-refractivity contribution in [2.45, 2.75) is 26.2 Å². The molecule has 60 heavy (non-hydrogen) atoms. The van der Waals surface area contributed by atoms with Gasteiger partial charge >= 0.3 is 0 Å². The summed E-state index contributed by atoms with van der Waals surface area (Å²) in [6.45, 7) is 2.24. The lowest BCUT2D eigenvalue weighted by molar-refractivity contribution is 0.311. The van der Waals surface area contributed by atoms with Gasteiger partial charge in [0.15, 0.2) is 0 Å². The normalized spacial score (nSPS) is 15.7. The molecule has 1 aliphatic heterocycles. The average molecular weight is 779 g/mol. The second kappa shape index (κ2) is 18.0. The Morgan fingerprint density at radius 2 is 1.15 bits per heavy atom. The van der Waals surface area contributed by atoms with Crippen LogP contribution in [-0.2, 0) is 6.42 Å². The number of fused-ring (bicyclic) bond motifs is 1. The van der Waals surface area contributed by atoms with Crippen molar-refractivity contribution in [1.29, 1.82) is 21.0 Å². The lowest BCUT2D eigenvalue weighted by atomic mass is 9.69. The van der Waals surface area contributed by atoms with E-state index >= 15 is 0 Å². The van der Waals surface area contributed by atoms with Gasteiger partial charge in [-0.05, 0) is 119 Å². The summed E-state index contributed by atoms with van der Waals surface area (Å²) >= 11 is 0. The summed E-state index contributed by atoms with van der Waals surface area (Å²) < 4.78 is 6.11. The first kappa shape index (κ1) is 40.1. The van der Waals surface area contributed by atoms with Crippen LogP contribution in [0, 0.1) is 50.7 Å². The Balaban J connectivity index is 1.11. The van der Waals surface area contributed by atoms with Crippen molar-refractivity contribution in [2.75, 3.05) is 23.9 Å². The molecule has 1 atom stereocenters. The van der Waals surface area contributed by atoms with Gasteiger partial charge in [0.2, 0.25) is 0 Å². The standard InChI is InChI=1S/C53H42N6O/c1-53(32-41(29-42(33-53)43(34-54)35-55)14-13-38-15-22-45(23-16-38)58(2)3)31-40-19-26-48(27-20-40)59(46-9-5-4-6-10-46)47-24-17-39(18-25-47)21-28-49-30-51(44(36-56)37-57)50-11-7-8-12-52(50)60-49/h4-30H,31-33H2,1-3H3/b14-13+,28-21+. The first-order valence-corrected chi connectivity index (χ1v) is 19.6.